The largest absolute Gasteiger partial charge is 0.356 e. The molecule has 0 aliphatic carbocycles. The lowest BCUT2D eigenvalue weighted by Crippen LogP contribution is -2.40. The second-order valence-electron chi connectivity index (χ2n) is 3.60. The quantitative estimate of drug-likeness (QED) is 0.793. The second-order valence-corrected chi connectivity index (χ2v) is 5.01. The van der Waals surface area contributed by atoms with Crippen molar-refractivity contribution in [3.8, 4) is 0 Å². The first-order chi connectivity index (χ1) is 7.25. The molecule has 1 aliphatic heterocycles. The number of nitrogens with zero attached hydrogens (tertiary/aromatic N) is 2. The van der Waals surface area contributed by atoms with Crippen molar-refractivity contribution >= 4 is 17.3 Å². The molecule has 5 heteroatoms. The van der Waals surface area contributed by atoms with Crippen LogP contribution in [0.4, 0.5) is 0 Å². The van der Waals surface area contributed by atoms with Crippen LogP contribution in [0.15, 0.2) is 4.99 Å². The number of aromatic nitrogens is 1. The molecule has 0 saturated heterocycles. The highest BCUT2D eigenvalue weighted by atomic mass is 32.1. The molecule has 1 aliphatic rings. The van der Waals surface area contributed by atoms with E-state index in [4.69, 9.17) is 0 Å². The van der Waals surface area contributed by atoms with Gasteiger partial charge in [0.1, 0.15) is 0 Å². The molecule has 0 aromatic carbocycles. The van der Waals surface area contributed by atoms with E-state index in [1.807, 2.05) is 6.92 Å². The highest BCUT2D eigenvalue weighted by Crippen LogP contribution is 2.15. The highest BCUT2D eigenvalue weighted by molar-refractivity contribution is 7.11. The number of hydrogen-bond acceptors (Lipinski definition) is 5. The van der Waals surface area contributed by atoms with Crippen LogP contribution >= 0.6 is 11.3 Å². The molecule has 2 rings (SSSR count). The zero-order valence-corrected chi connectivity index (χ0v) is 9.95. The third kappa shape index (κ3) is 2.68. The van der Waals surface area contributed by atoms with Crippen molar-refractivity contribution in [1.82, 2.24) is 15.6 Å². The van der Waals surface area contributed by atoms with E-state index in [9.17, 15) is 0 Å². The summed E-state index contributed by atoms with van der Waals surface area (Å²) in [5.41, 5.74) is 1.13. The molecule has 1 aromatic rings. The van der Waals surface area contributed by atoms with Gasteiger partial charge in [0.05, 0.1) is 17.2 Å². The van der Waals surface area contributed by atoms with Crippen molar-refractivity contribution in [2.75, 3.05) is 13.1 Å². The van der Waals surface area contributed by atoms with Crippen LogP contribution in [-0.4, -0.2) is 24.0 Å². The number of thiazole rings is 1. The Hall–Kier alpha value is -1.10. The van der Waals surface area contributed by atoms with Gasteiger partial charge in [0.15, 0.2) is 5.96 Å². The van der Waals surface area contributed by atoms with E-state index in [0.29, 0.717) is 0 Å². The third-order valence-corrected chi connectivity index (χ3v) is 3.25. The third-order valence-electron chi connectivity index (χ3n) is 2.32. The van der Waals surface area contributed by atoms with Crippen LogP contribution in [0.3, 0.4) is 0 Å². The normalized spacial score (nSPS) is 15.7. The molecule has 15 heavy (non-hydrogen) atoms. The van der Waals surface area contributed by atoms with Gasteiger partial charge in [-0.25, -0.2) is 4.98 Å². The first kappa shape index (κ1) is 10.4. The van der Waals surface area contributed by atoms with Gasteiger partial charge in [-0.1, -0.05) is 0 Å². The van der Waals surface area contributed by atoms with Crippen LogP contribution in [0.5, 0.6) is 0 Å². The van der Waals surface area contributed by atoms with E-state index >= 15 is 0 Å². The van der Waals surface area contributed by atoms with Crippen LogP contribution < -0.4 is 10.6 Å². The lowest BCUT2D eigenvalue weighted by Gasteiger charge is -2.15. The van der Waals surface area contributed by atoms with E-state index in [1.165, 1.54) is 4.88 Å². The fourth-order valence-corrected chi connectivity index (χ4v) is 2.39. The summed E-state index contributed by atoms with van der Waals surface area (Å²) >= 11 is 1.74. The Morgan fingerprint density at radius 3 is 2.93 bits per heavy atom. The number of aliphatic imine (C=N–C) groups is 1. The average Bonchev–Trinajstić information content (AvgIpc) is 2.56. The molecule has 0 atom stereocenters. The summed E-state index contributed by atoms with van der Waals surface area (Å²) < 4.78 is 0. The fraction of sp³-hybridized carbons (Fsp3) is 0.600. The highest BCUT2D eigenvalue weighted by Gasteiger charge is 2.07. The van der Waals surface area contributed by atoms with Crippen LogP contribution in [-0.2, 0) is 6.54 Å². The summed E-state index contributed by atoms with van der Waals surface area (Å²) in [4.78, 5) is 10.1. The van der Waals surface area contributed by atoms with Gasteiger partial charge in [-0.3, -0.25) is 4.99 Å². The maximum Gasteiger partial charge on any atom is 0.191 e. The first-order valence-corrected chi connectivity index (χ1v) is 6.02. The van der Waals surface area contributed by atoms with E-state index in [1.54, 1.807) is 11.3 Å². The summed E-state index contributed by atoms with van der Waals surface area (Å²) in [5, 5.41) is 7.63. The van der Waals surface area contributed by atoms with Crippen molar-refractivity contribution in [1.29, 1.82) is 0 Å². The number of rotatable bonds is 2. The zero-order valence-electron chi connectivity index (χ0n) is 9.13. The van der Waals surface area contributed by atoms with Crippen LogP contribution in [0.2, 0.25) is 0 Å². The molecule has 0 amide bonds. The molecule has 0 radical (unpaired) electrons. The molecule has 0 bridgehead atoms. The Morgan fingerprint density at radius 2 is 2.33 bits per heavy atom. The van der Waals surface area contributed by atoms with E-state index in [2.05, 4.69) is 27.5 Å². The van der Waals surface area contributed by atoms with Gasteiger partial charge in [-0.2, -0.15) is 0 Å². The summed E-state index contributed by atoms with van der Waals surface area (Å²) in [7, 11) is 0. The van der Waals surface area contributed by atoms with E-state index < -0.39 is 0 Å². The Balaban J connectivity index is 1.92. The van der Waals surface area contributed by atoms with Crippen LogP contribution in [0.25, 0.3) is 0 Å². The summed E-state index contributed by atoms with van der Waals surface area (Å²) in [5.74, 6) is 0.909. The smallest absolute Gasteiger partial charge is 0.191 e. The lowest BCUT2D eigenvalue weighted by molar-refractivity contribution is 0.698. The van der Waals surface area contributed by atoms with E-state index in [0.717, 1.165) is 42.7 Å². The topological polar surface area (TPSA) is 49.3 Å². The predicted molar refractivity (Wildman–Crippen MR) is 63.3 cm³/mol. The molecule has 2 heterocycles. The van der Waals surface area contributed by atoms with Gasteiger partial charge in [-0.05, 0) is 20.3 Å². The summed E-state index contributed by atoms with van der Waals surface area (Å²) in [6, 6.07) is 0. The molecule has 1 aromatic heterocycles. The SMILES string of the molecule is Cc1nc(CNC2=NCCCN2)c(C)s1. The lowest BCUT2D eigenvalue weighted by atomic mass is 10.3. The van der Waals surface area contributed by atoms with Crippen molar-refractivity contribution in [3.05, 3.63) is 15.6 Å². The fourth-order valence-electron chi connectivity index (χ4n) is 1.55. The molecule has 0 saturated carbocycles. The van der Waals surface area contributed by atoms with Gasteiger partial charge >= 0.3 is 0 Å². The maximum atomic E-state index is 4.47. The van der Waals surface area contributed by atoms with Gasteiger partial charge in [-0.15, -0.1) is 11.3 Å². The molecular formula is C10H16N4S. The number of aryl methyl sites for hydroxylation is 2. The second kappa shape index (κ2) is 4.61. The number of hydrogen-bond donors (Lipinski definition) is 2. The Kier molecular flexibility index (Phi) is 3.20. The average molecular weight is 224 g/mol. The minimum Gasteiger partial charge on any atom is -0.356 e. The van der Waals surface area contributed by atoms with Crippen LogP contribution in [0.1, 0.15) is 22.0 Å². The molecule has 82 valence electrons. The van der Waals surface area contributed by atoms with Crippen LogP contribution in [0, 0.1) is 13.8 Å². The molecular weight excluding hydrogens is 208 g/mol. The minimum atomic E-state index is 0.766. The molecule has 0 unspecified atom stereocenters. The first-order valence-electron chi connectivity index (χ1n) is 5.21. The van der Waals surface area contributed by atoms with Crippen molar-refractivity contribution in [3.63, 3.8) is 0 Å². The van der Waals surface area contributed by atoms with Crippen molar-refractivity contribution in [2.24, 2.45) is 4.99 Å². The maximum absolute atomic E-state index is 4.47. The van der Waals surface area contributed by atoms with Gasteiger partial charge in [0.25, 0.3) is 0 Å². The van der Waals surface area contributed by atoms with Gasteiger partial charge in [0, 0.05) is 18.0 Å². The molecule has 4 nitrogen and oxygen atoms in total. The molecule has 2 N–H and O–H groups in total. The zero-order chi connectivity index (χ0) is 10.7. The summed E-state index contributed by atoms with van der Waals surface area (Å²) in [6.45, 7) is 6.85. The van der Waals surface area contributed by atoms with E-state index in [-0.39, 0.29) is 0 Å². The van der Waals surface area contributed by atoms with Crippen molar-refractivity contribution < 1.29 is 0 Å². The Morgan fingerprint density at radius 1 is 1.47 bits per heavy atom. The van der Waals surface area contributed by atoms with Gasteiger partial charge < -0.3 is 10.6 Å². The monoisotopic (exact) mass is 224 g/mol. The van der Waals surface area contributed by atoms with Crippen molar-refractivity contribution in [2.45, 2.75) is 26.8 Å². The number of nitrogens with one attached hydrogen (secondary N) is 2. The Bertz CT molecular complexity index is 369. The predicted octanol–water partition coefficient (Wildman–Crippen LogP) is 1.20. The summed E-state index contributed by atoms with van der Waals surface area (Å²) in [6.07, 6.45) is 1.13. The minimum absolute atomic E-state index is 0.766. The molecule has 0 fully saturated rings. The standard InChI is InChI=1S/C10H16N4S/c1-7-9(14-8(2)15-7)6-13-10-11-4-3-5-12-10/h3-6H2,1-2H3,(H2,11,12,13). The number of guanidine groups is 1. The van der Waals surface area contributed by atoms with Gasteiger partial charge in [0.2, 0.25) is 0 Å². The Labute approximate surface area is 93.8 Å². The molecule has 0 spiro atoms.